The molecule has 0 bridgehead atoms. The molecule has 0 spiro atoms. The molecule has 1 N–H and O–H groups in total. The number of anilines is 2. The zero-order valence-electron chi connectivity index (χ0n) is 15.7. The highest BCUT2D eigenvalue weighted by Gasteiger charge is 2.22. The van der Waals surface area contributed by atoms with Crippen LogP contribution in [0.3, 0.4) is 0 Å². The Morgan fingerprint density at radius 1 is 1.12 bits per heavy atom. The van der Waals surface area contributed by atoms with E-state index in [9.17, 15) is 4.79 Å². The van der Waals surface area contributed by atoms with Crippen molar-refractivity contribution >= 4 is 17.4 Å². The fraction of sp³-hybridized carbons (Fsp3) is 0.409. The lowest BCUT2D eigenvalue weighted by molar-refractivity contribution is 0.206. The molecule has 2 aromatic carbocycles. The van der Waals surface area contributed by atoms with E-state index in [1.807, 2.05) is 17.0 Å². The minimum Gasteiger partial charge on any atom is -0.371 e. The molecule has 2 aromatic rings. The number of nitrogens with zero attached hydrogens (tertiary/aromatic N) is 2. The molecule has 1 saturated heterocycles. The summed E-state index contributed by atoms with van der Waals surface area (Å²) < 4.78 is 0. The minimum atomic E-state index is -0.0142. The van der Waals surface area contributed by atoms with Crippen molar-refractivity contribution < 1.29 is 4.79 Å². The summed E-state index contributed by atoms with van der Waals surface area (Å²) in [6.45, 7) is 8.15. The van der Waals surface area contributed by atoms with Gasteiger partial charge < -0.3 is 15.1 Å². The topological polar surface area (TPSA) is 35.6 Å². The third-order valence-electron chi connectivity index (χ3n) is 5.69. The van der Waals surface area contributed by atoms with Gasteiger partial charge in [0.1, 0.15) is 0 Å². The lowest BCUT2D eigenvalue weighted by Gasteiger charge is -2.30. The monoisotopic (exact) mass is 349 g/mol. The van der Waals surface area contributed by atoms with Gasteiger partial charge in [-0.2, -0.15) is 0 Å². The summed E-state index contributed by atoms with van der Waals surface area (Å²) in [5.41, 5.74) is 6.11. The van der Waals surface area contributed by atoms with E-state index in [-0.39, 0.29) is 6.03 Å². The van der Waals surface area contributed by atoms with E-state index in [0.29, 0.717) is 6.54 Å². The van der Waals surface area contributed by atoms with Crippen molar-refractivity contribution in [3.63, 3.8) is 0 Å². The van der Waals surface area contributed by atoms with Crippen LogP contribution in [0.2, 0.25) is 0 Å². The highest BCUT2D eigenvalue weighted by Crippen LogP contribution is 2.26. The number of nitrogens with one attached hydrogen (secondary N) is 1. The standard InChI is InChI=1S/C22H27N3O/c1-16-10-12-24(14-16)20-8-6-19(7-9-20)23-22(26)25-13-11-21-17(2)4-3-5-18(21)15-25/h3-9,16H,10-15H2,1-2H3,(H,23,26). The van der Waals surface area contributed by atoms with E-state index in [1.165, 1.54) is 28.8 Å². The molecule has 136 valence electrons. The summed E-state index contributed by atoms with van der Waals surface area (Å²) in [6, 6.07) is 14.6. The Kier molecular flexibility index (Phi) is 4.58. The van der Waals surface area contributed by atoms with Crippen LogP contribution < -0.4 is 10.2 Å². The van der Waals surface area contributed by atoms with Crippen molar-refractivity contribution in [2.45, 2.75) is 33.2 Å². The average Bonchev–Trinajstić information content (AvgIpc) is 3.08. The molecule has 0 saturated carbocycles. The molecule has 1 atom stereocenters. The summed E-state index contributed by atoms with van der Waals surface area (Å²) in [5.74, 6) is 0.764. The van der Waals surface area contributed by atoms with E-state index in [1.54, 1.807) is 0 Å². The molecule has 4 heteroatoms. The first-order valence-corrected chi connectivity index (χ1v) is 9.58. The quantitative estimate of drug-likeness (QED) is 0.870. The Balaban J connectivity index is 1.39. The Hall–Kier alpha value is -2.49. The number of carbonyl (C=O) groups is 1. The van der Waals surface area contributed by atoms with Crippen LogP contribution in [0.5, 0.6) is 0 Å². The lowest BCUT2D eigenvalue weighted by Crippen LogP contribution is -2.39. The first kappa shape index (κ1) is 17.0. The van der Waals surface area contributed by atoms with Gasteiger partial charge in [0.15, 0.2) is 0 Å². The molecule has 2 amide bonds. The summed E-state index contributed by atoms with van der Waals surface area (Å²) >= 11 is 0. The van der Waals surface area contributed by atoms with Crippen LogP contribution in [0.15, 0.2) is 42.5 Å². The highest BCUT2D eigenvalue weighted by atomic mass is 16.2. The number of hydrogen-bond acceptors (Lipinski definition) is 2. The number of benzene rings is 2. The molecule has 4 nitrogen and oxygen atoms in total. The number of amides is 2. The summed E-state index contributed by atoms with van der Waals surface area (Å²) in [4.78, 5) is 17.0. The Labute approximate surface area is 155 Å². The van der Waals surface area contributed by atoms with Gasteiger partial charge >= 0.3 is 6.03 Å². The Morgan fingerprint density at radius 3 is 2.65 bits per heavy atom. The predicted octanol–water partition coefficient (Wildman–Crippen LogP) is 4.43. The van der Waals surface area contributed by atoms with Crippen LogP contribution in [0.1, 0.15) is 30.0 Å². The van der Waals surface area contributed by atoms with Crippen molar-refractivity contribution in [3.8, 4) is 0 Å². The fourth-order valence-electron chi connectivity index (χ4n) is 4.10. The van der Waals surface area contributed by atoms with E-state index in [4.69, 9.17) is 0 Å². The molecule has 4 rings (SSSR count). The van der Waals surface area contributed by atoms with Crippen LogP contribution in [-0.2, 0) is 13.0 Å². The predicted molar refractivity (Wildman–Crippen MR) is 107 cm³/mol. The molecule has 2 aliphatic heterocycles. The second-order valence-electron chi connectivity index (χ2n) is 7.70. The smallest absolute Gasteiger partial charge is 0.322 e. The molecule has 1 fully saturated rings. The molecular formula is C22H27N3O. The lowest BCUT2D eigenvalue weighted by atomic mass is 9.95. The summed E-state index contributed by atoms with van der Waals surface area (Å²) in [5, 5.41) is 3.05. The highest BCUT2D eigenvalue weighted by molar-refractivity contribution is 5.89. The third kappa shape index (κ3) is 3.41. The number of carbonyl (C=O) groups excluding carboxylic acids is 1. The van der Waals surface area contributed by atoms with Crippen LogP contribution in [0.25, 0.3) is 0 Å². The molecule has 2 aliphatic rings. The van der Waals surface area contributed by atoms with Gasteiger partial charge in [0, 0.05) is 37.6 Å². The maximum Gasteiger partial charge on any atom is 0.322 e. The van der Waals surface area contributed by atoms with Crippen molar-refractivity contribution in [1.29, 1.82) is 0 Å². The van der Waals surface area contributed by atoms with Gasteiger partial charge in [0.2, 0.25) is 0 Å². The molecule has 0 radical (unpaired) electrons. The number of urea groups is 1. The first-order chi connectivity index (χ1) is 12.6. The summed E-state index contributed by atoms with van der Waals surface area (Å²) in [7, 11) is 0. The SMILES string of the molecule is Cc1cccc2c1CCN(C(=O)Nc1ccc(N3CCC(C)C3)cc1)C2. The molecule has 1 unspecified atom stereocenters. The molecular weight excluding hydrogens is 322 g/mol. The van der Waals surface area contributed by atoms with E-state index in [0.717, 1.165) is 37.7 Å². The second-order valence-corrected chi connectivity index (χ2v) is 7.70. The zero-order chi connectivity index (χ0) is 18.1. The van der Waals surface area contributed by atoms with Crippen LogP contribution in [-0.4, -0.2) is 30.6 Å². The van der Waals surface area contributed by atoms with Crippen molar-refractivity contribution in [1.82, 2.24) is 4.90 Å². The van der Waals surface area contributed by atoms with Crippen molar-refractivity contribution in [3.05, 3.63) is 59.2 Å². The molecule has 0 aliphatic carbocycles. The average molecular weight is 349 g/mol. The van der Waals surface area contributed by atoms with E-state index in [2.05, 4.69) is 54.4 Å². The second kappa shape index (κ2) is 7.02. The van der Waals surface area contributed by atoms with Gasteiger partial charge in [-0.15, -0.1) is 0 Å². The van der Waals surface area contributed by atoms with Gasteiger partial charge in [-0.05, 0) is 66.6 Å². The largest absolute Gasteiger partial charge is 0.371 e. The number of hydrogen-bond donors (Lipinski definition) is 1. The summed E-state index contributed by atoms with van der Waals surface area (Å²) in [6.07, 6.45) is 2.19. The zero-order valence-corrected chi connectivity index (χ0v) is 15.7. The molecule has 0 aromatic heterocycles. The van der Waals surface area contributed by atoms with Crippen LogP contribution in [0, 0.1) is 12.8 Å². The number of fused-ring (bicyclic) bond motifs is 1. The van der Waals surface area contributed by atoms with Gasteiger partial charge in [-0.1, -0.05) is 25.1 Å². The number of aryl methyl sites for hydroxylation is 1. The molecule has 26 heavy (non-hydrogen) atoms. The minimum absolute atomic E-state index is 0.0142. The van der Waals surface area contributed by atoms with Gasteiger partial charge in [-0.3, -0.25) is 0 Å². The Bertz CT molecular complexity index is 800. The van der Waals surface area contributed by atoms with Crippen molar-refractivity contribution in [2.24, 2.45) is 5.92 Å². The van der Waals surface area contributed by atoms with Gasteiger partial charge in [-0.25, -0.2) is 4.79 Å². The Morgan fingerprint density at radius 2 is 1.92 bits per heavy atom. The maximum absolute atomic E-state index is 12.7. The third-order valence-corrected chi connectivity index (χ3v) is 5.69. The van der Waals surface area contributed by atoms with Gasteiger partial charge in [0.05, 0.1) is 0 Å². The normalized spacial score (nSPS) is 19.4. The maximum atomic E-state index is 12.7. The molecule has 2 heterocycles. The van der Waals surface area contributed by atoms with E-state index < -0.39 is 0 Å². The van der Waals surface area contributed by atoms with Crippen LogP contribution in [0.4, 0.5) is 16.2 Å². The fourth-order valence-corrected chi connectivity index (χ4v) is 4.10. The van der Waals surface area contributed by atoms with Crippen molar-refractivity contribution in [2.75, 3.05) is 29.9 Å². The first-order valence-electron chi connectivity index (χ1n) is 9.58. The number of rotatable bonds is 2. The van der Waals surface area contributed by atoms with E-state index >= 15 is 0 Å². The van der Waals surface area contributed by atoms with Crippen LogP contribution >= 0.6 is 0 Å². The van der Waals surface area contributed by atoms with Gasteiger partial charge in [0.25, 0.3) is 0 Å².